The van der Waals surface area contributed by atoms with Crippen LogP contribution in [0.3, 0.4) is 0 Å². The minimum Gasteiger partial charge on any atom is -0.373 e. The van der Waals surface area contributed by atoms with Gasteiger partial charge in [0.15, 0.2) is 6.29 Å². The molecule has 3 amide bonds. The number of rotatable bonds is 9. The van der Waals surface area contributed by atoms with Gasteiger partial charge in [0.2, 0.25) is 11.8 Å². The summed E-state index contributed by atoms with van der Waals surface area (Å²) in [5.74, 6) is -0.874. The number of amides is 3. The molecular formula is C18H20N2O6S. The first kappa shape index (κ1) is 20.8. The Morgan fingerprint density at radius 2 is 2.15 bits per heavy atom. The molecule has 0 aromatic heterocycles. The van der Waals surface area contributed by atoms with Crippen LogP contribution < -0.4 is 5.32 Å². The van der Waals surface area contributed by atoms with Crippen LogP contribution in [0.2, 0.25) is 0 Å². The van der Waals surface area contributed by atoms with E-state index in [-0.39, 0.29) is 36.5 Å². The molecule has 9 heteroatoms. The van der Waals surface area contributed by atoms with Crippen molar-refractivity contribution in [2.24, 2.45) is 0 Å². The van der Waals surface area contributed by atoms with Crippen molar-refractivity contribution in [3.05, 3.63) is 29.3 Å². The van der Waals surface area contributed by atoms with E-state index in [1.165, 1.54) is 29.8 Å². The van der Waals surface area contributed by atoms with E-state index in [4.69, 9.17) is 4.74 Å². The summed E-state index contributed by atoms with van der Waals surface area (Å²) >= 11 is 1.32. The summed E-state index contributed by atoms with van der Waals surface area (Å²) in [5.41, 5.74) is 0.429. The standard InChI is InChI=1S/C18H20N2O6S/c1-20(13-5-6-15(23)19-17(13)24)18(25)16-12(11-22)3-2-4-14(16)27-10-9-26-8-7-21/h2-4,7,11,13H,5-6,8-10H2,1H3,(H,19,23,24). The second-order valence-corrected chi connectivity index (χ2v) is 6.95. The van der Waals surface area contributed by atoms with E-state index in [0.717, 1.165) is 0 Å². The Labute approximate surface area is 160 Å². The molecule has 27 heavy (non-hydrogen) atoms. The summed E-state index contributed by atoms with van der Waals surface area (Å²) in [7, 11) is 1.48. The molecule has 1 heterocycles. The molecule has 1 fully saturated rings. The normalized spacial score (nSPS) is 16.6. The van der Waals surface area contributed by atoms with Crippen LogP contribution in [-0.2, 0) is 19.1 Å². The van der Waals surface area contributed by atoms with Crippen LogP contribution in [-0.4, -0.2) is 67.2 Å². The van der Waals surface area contributed by atoms with E-state index in [0.29, 0.717) is 29.8 Å². The van der Waals surface area contributed by atoms with Crippen molar-refractivity contribution in [3.63, 3.8) is 0 Å². The number of nitrogens with one attached hydrogen (secondary N) is 1. The maximum atomic E-state index is 13.0. The first-order valence-electron chi connectivity index (χ1n) is 8.32. The zero-order valence-corrected chi connectivity index (χ0v) is 15.6. The number of hydrogen-bond acceptors (Lipinski definition) is 7. The number of carbonyl (C=O) groups is 5. The van der Waals surface area contributed by atoms with Gasteiger partial charge in [-0.15, -0.1) is 11.8 Å². The molecule has 0 saturated carbocycles. The average molecular weight is 392 g/mol. The molecule has 1 N–H and O–H groups in total. The number of carbonyl (C=O) groups excluding carboxylic acids is 5. The lowest BCUT2D eigenvalue weighted by Gasteiger charge is -2.30. The average Bonchev–Trinajstić information content (AvgIpc) is 2.66. The van der Waals surface area contributed by atoms with Gasteiger partial charge in [-0.3, -0.25) is 24.5 Å². The summed E-state index contributed by atoms with van der Waals surface area (Å²) in [5, 5.41) is 2.22. The summed E-state index contributed by atoms with van der Waals surface area (Å²) in [6.45, 7) is 0.310. The highest BCUT2D eigenvalue weighted by Gasteiger charge is 2.34. The maximum absolute atomic E-state index is 13.0. The number of imide groups is 1. The summed E-state index contributed by atoms with van der Waals surface area (Å²) in [6.07, 6.45) is 1.64. The molecule has 0 radical (unpaired) electrons. The van der Waals surface area contributed by atoms with Crippen molar-refractivity contribution >= 4 is 42.1 Å². The van der Waals surface area contributed by atoms with Crippen LogP contribution in [0.1, 0.15) is 33.6 Å². The molecule has 1 unspecified atom stereocenters. The summed E-state index contributed by atoms with van der Waals surface area (Å²) in [4.78, 5) is 59.9. The highest BCUT2D eigenvalue weighted by atomic mass is 32.2. The molecular weight excluding hydrogens is 372 g/mol. The van der Waals surface area contributed by atoms with Crippen LogP contribution in [0.25, 0.3) is 0 Å². The number of hydrogen-bond donors (Lipinski definition) is 1. The van der Waals surface area contributed by atoms with Gasteiger partial charge in [0.05, 0.1) is 12.2 Å². The minimum absolute atomic E-state index is 0.00102. The molecule has 1 aliphatic heterocycles. The Morgan fingerprint density at radius 1 is 1.37 bits per heavy atom. The number of thioether (sulfide) groups is 1. The molecule has 144 valence electrons. The number of nitrogens with zero attached hydrogens (tertiary/aromatic N) is 1. The third kappa shape index (κ3) is 5.24. The molecule has 2 rings (SSSR count). The van der Waals surface area contributed by atoms with Crippen LogP contribution in [0.5, 0.6) is 0 Å². The van der Waals surface area contributed by atoms with Gasteiger partial charge < -0.3 is 14.4 Å². The van der Waals surface area contributed by atoms with Crippen LogP contribution in [0.15, 0.2) is 23.1 Å². The van der Waals surface area contributed by atoms with Gasteiger partial charge in [0.1, 0.15) is 18.9 Å². The fraction of sp³-hybridized carbons (Fsp3) is 0.389. The second-order valence-electron chi connectivity index (χ2n) is 5.81. The molecule has 0 bridgehead atoms. The Kier molecular flexibility index (Phi) is 7.68. The SMILES string of the molecule is CN(C(=O)c1c(C=O)cccc1SCCOCC=O)C1CCC(=O)NC1=O. The third-order valence-corrected chi connectivity index (χ3v) is 5.09. The fourth-order valence-corrected chi connectivity index (χ4v) is 3.65. The number of ether oxygens (including phenoxy) is 1. The van der Waals surface area contributed by atoms with Gasteiger partial charge in [0, 0.05) is 29.7 Å². The molecule has 1 aliphatic rings. The van der Waals surface area contributed by atoms with Gasteiger partial charge in [-0.2, -0.15) is 0 Å². The largest absolute Gasteiger partial charge is 0.373 e. The van der Waals surface area contributed by atoms with E-state index >= 15 is 0 Å². The van der Waals surface area contributed by atoms with Crippen LogP contribution in [0, 0.1) is 0 Å². The highest BCUT2D eigenvalue weighted by Crippen LogP contribution is 2.27. The zero-order chi connectivity index (χ0) is 19.8. The van der Waals surface area contributed by atoms with Gasteiger partial charge in [-0.1, -0.05) is 12.1 Å². The van der Waals surface area contributed by atoms with Crippen molar-refractivity contribution in [3.8, 4) is 0 Å². The Balaban J connectivity index is 2.20. The monoisotopic (exact) mass is 392 g/mol. The van der Waals surface area contributed by atoms with E-state index in [2.05, 4.69) is 5.32 Å². The van der Waals surface area contributed by atoms with Crippen molar-refractivity contribution in [2.45, 2.75) is 23.8 Å². The van der Waals surface area contributed by atoms with Crippen molar-refractivity contribution in [1.29, 1.82) is 0 Å². The molecule has 0 spiro atoms. The Morgan fingerprint density at radius 3 is 2.81 bits per heavy atom. The van der Waals surface area contributed by atoms with E-state index in [1.807, 2.05) is 0 Å². The first-order valence-corrected chi connectivity index (χ1v) is 9.31. The molecule has 0 aliphatic carbocycles. The minimum atomic E-state index is -0.774. The quantitative estimate of drug-likeness (QED) is 0.285. The van der Waals surface area contributed by atoms with E-state index in [9.17, 15) is 24.0 Å². The fourth-order valence-electron chi connectivity index (χ4n) is 2.71. The number of piperidine rings is 1. The lowest BCUT2D eigenvalue weighted by molar-refractivity contribution is -0.136. The lowest BCUT2D eigenvalue weighted by Crippen LogP contribution is -2.53. The highest BCUT2D eigenvalue weighted by molar-refractivity contribution is 7.99. The predicted molar refractivity (Wildman–Crippen MR) is 97.7 cm³/mol. The van der Waals surface area contributed by atoms with E-state index < -0.39 is 17.9 Å². The van der Waals surface area contributed by atoms with Gasteiger partial charge in [-0.05, 0) is 12.5 Å². The molecule has 1 aromatic carbocycles. The van der Waals surface area contributed by atoms with Gasteiger partial charge in [-0.25, -0.2) is 0 Å². The Hall–Kier alpha value is -2.52. The molecule has 1 saturated heterocycles. The van der Waals surface area contributed by atoms with Gasteiger partial charge >= 0.3 is 0 Å². The molecule has 8 nitrogen and oxygen atoms in total. The maximum Gasteiger partial charge on any atom is 0.256 e. The number of aldehydes is 2. The van der Waals surface area contributed by atoms with Crippen molar-refractivity contribution < 1.29 is 28.7 Å². The van der Waals surface area contributed by atoms with Gasteiger partial charge in [0.25, 0.3) is 5.91 Å². The second kappa shape index (κ2) is 9.98. The number of likely N-dealkylation sites (N-methyl/N-ethyl adjacent to an activating group) is 1. The van der Waals surface area contributed by atoms with Crippen molar-refractivity contribution in [2.75, 3.05) is 26.0 Å². The lowest BCUT2D eigenvalue weighted by atomic mass is 10.0. The topological polar surface area (TPSA) is 110 Å². The molecule has 1 atom stereocenters. The smallest absolute Gasteiger partial charge is 0.256 e. The van der Waals surface area contributed by atoms with Crippen molar-refractivity contribution in [1.82, 2.24) is 10.2 Å². The zero-order valence-electron chi connectivity index (χ0n) is 14.8. The molecule has 1 aromatic rings. The summed E-state index contributed by atoms with van der Waals surface area (Å²) in [6, 6.07) is 4.14. The first-order chi connectivity index (χ1) is 13.0. The van der Waals surface area contributed by atoms with Crippen LogP contribution >= 0.6 is 11.8 Å². The van der Waals surface area contributed by atoms with E-state index in [1.54, 1.807) is 12.1 Å². The number of benzene rings is 1. The van der Waals surface area contributed by atoms with Crippen LogP contribution in [0.4, 0.5) is 0 Å². The Bertz CT molecular complexity index is 751. The predicted octanol–water partition coefficient (Wildman–Crippen LogP) is 0.684. The third-order valence-electron chi connectivity index (χ3n) is 4.07. The summed E-state index contributed by atoms with van der Waals surface area (Å²) < 4.78 is 5.09.